The molecule has 4 unspecified atom stereocenters. The predicted octanol–water partition coefficient (Wildman–Crippen LogP) is -2.57. The van der Waals surface area contributed by atoms with E-state index in [9.17, 15) is 14.7 Å². The Morgan fingerprint density at radius 2 is 1.61 bits per heavy atom. The van der Waals surface area contributed by atoms with Gasteiger partial charge in [-0.2, -0.15) is 0 Å². The second-order valence-electron chi connectivity index (χ2n) is 4.97. The highest BCUT2D eigenvalue weighted by molar-refractivity contribution is 5.85. The van der Waals surface area contributed by atoms with Crippen LogP contribution in [0.5, 0.6) is 0 Å². The number of aliphatic carboxylic acids is 1. The summed E-state index contributed by atoms with van der Waals surface area (Å²) in [6.07, 6.45) is 0.945. The maximum Gasteiger partial charge on any atom is 0.228 e. The largest absolute Gasteiger partial charge is 0.550 e. The average Bonchev–Trinajstić information content (AvgIpc) is 2.88. The summed E-state index contributed by atoms with van der Waals surface area (Å²) in [5.74, 6) is -2.65. The molecule has 0 aromatic heterocycles. The van der Waals surface area contributed by atoms with Gasteiger partial charge in [0.25, 0.3) is 0 Å². The molecule has 2 N–H and O–H groups in total. The molecule has 6 nitrogen and oxygen atoms in total. The van der Waals surface area contributed by atoms with Gasteiger partial charge < -0.3 is 24.9 Å². The lowest BCUT2D eigenvalue weighted by atomic mass is 9.78. The van der Waals surface area contributed by atoms with Gasteiger partial charge in [-0.15, -0.1) is 0 Å². The fourth-order valence-electron chi connectivity index (χ4n) is 2.59. The molecule has 6 heteroatoms. The molecule has 2 rings (SSSR count). The van der Waals surface area contributed by atoms with Gasteiger partial charge in [0.1, 0.15) is 0 Å². The molecule has 0 aromatic carbocycles. The van der Waals surface area contributed by atoms with Gasteiger partial charge in [-0.25, -0.2) is 0 Å². The lowest BCUT2D eigenvalue weighted by Crippen LogP contribution is -2.74. The molecule has 0 radical (unpaired) electrons. The Hall–Kier alpha value is -1.14. The fraction of sp³-hybridized carbons (Fsp3) is 0.833. The van der Waals surface area contributed by atoms with Crippen molar-refractivity contribution >= 4 is 11.9 Å². The zero-order chi connectivity index (χ0) is 13.9. The second-order valence-corrected chi connectivity index (χ2v) is 4.97. The van der Waals surface area contributed by atoms with E-state index in [0.717, 1.165) is 12.8 Å². The summed E-state index contributed by atoms with van der Waals surface area (Å²) in [4.78, 5) is 24.2. The number of carbonyl (C=O) groups excluding carboxylic acids is 2. The molecular weight excluding hydrogens is 236 g/mol. The number of ether oxygens (including phenoxy) is 1. The number of nitrogens with zero attached hydrogens (tertiary/aromatic N) is 1. The highest BCUT2D eigenvalue weighted by Gasteiger charge is 2.53. The summed E-state index contributed by atoms with van der Waals surface area (Å²) in [7, 11) is 7.25. The minimum atomic E-state index is -1.16. The lowest BCUT2D eigenvalue weighted by molar-refractivity contribution is -0.597. The molecular formula is C12H22N2O4. The molecule has 2 bridgehead atoms. The van der Waals surface area contributed by atoms with Gasteiger partial charge in [0, 0.05) is 26.0 Å². The van der Waals surface area contributed by atoms with E-state index in [0.29, 0.717) is 0 Å². The predicted molar refractivity (Wildman–Crippen MR) is 62.3 cm³/mol. The summed E-state index contributed by atoms with van der Waals surface area (Å²) in [6.45, 7) is 0. The number of fused-ring (bicyclic) bond motifs is 2. The minimum Gasteiger partial charge on any atom is -0.550 e. The Morgan fingerprint density at radius 3 is 2.00 bits per heavy atom. The number of quaternary nitrogens is 1. The van der Waals surface area contributed by atoms with E-state index in [-0.39, 0.29) is 18.1 Å². The summed E-state index contributed by atoms with van der Waals surface area (Å²) in [6, 6.07) is 0. The van der Waals surface area contributed by atoms with E-state index in [4.69, 9.17) is 4.74 Å². The summed E-state index contributed by atoms with van der Waals surface area (Å²) in [5.41, 5.74) is 0. The molecule has 0 aliphatic carbocycles. The van der Waals surface area contributed by atoms with Crippen LogP contribution in [0, 0.1) is 11.8 Å². The van der Waals surface area contributed by atoms with E-state index in [1.54, 1.807) is 14.1 Å². The number of carbonyl (C=O) groups is 2. The Bertz CT molecular complexity index is 319. The molecule has 2 saturated heterocycles. The van der Waals surface area contributed by atoms with Crippen molar-refractivity contribution in [2.45, 2.75) is 25.0 Å². The molecule has 0 aromatic rings. The first-order valence-electron chi connectivity index (χ1n) is 6.25. The van der Waals surface area contributed by atoms with Gasteiger partial charge in [0.2, 0.25) is 5.91 Å². The van der Waals surface area contributed by atoms with E-state index in [1.165, 1.54) is 4.90 Å². The number of rotatable bonds is 2. The second kappa shape index (κ2) is 6.15. The van der Waals surface area contributed by atoms with Crippen molar-refractivity contribution in [1.82, 2.24) is 4.90 Å². The maximum absolute atomic E-state index is 11.8. The zero-order valence-electron chi connectivity index (χ0n) is 11.4. The van der Waals surface area contributed by atoms with Crippen molar-refractivity contribution in [3.63, 3.8) is 0 Å². The van der Waals surface area contributed by atoms with Crippen LogP contribution in [-0.2, 0) is 14.3 Å². The van der Waals surface area contributed by atoms with Crippen molar-refractivity contribution in [2.75, 3.05) is 28.2 Å². The van der Waals surface area contributed by atoms with E-state index >= 15 is 0 Å². The SMILES string of the molecule is CN(C)C(=O)C1C2CCC(O2)C1C(=O)[O-].C[NH2+]C. The Balaban J connectivity index is 0.000000492. The average molecular weight is 258 g/mol. The van der Waals surface area contributed by atoms with Gasteiger partial charge in [0.15, 0.2) is 0 Å². The van der Waals surface area contributed by atoms with Gasteiger partial charge in [0.05, 0.1) is 32.2 Å². The number of carboxylic acids is 1. The highest BCUT2D eigenvalue weighted by Crippen LogP contribution is 2.43. The third-order valence-corrected chi connectivity index (χ3v) is 3.27. The lowest BCUT2D eigenvalue weighted by Gasteiger charge is -2.29. The number of carboxylic acid groups (broad SMARTS) is 1. The Labute approximate surface area is 107 Å². The van der Waals surface area contributed by atoms with Crippen LogP contribution in [0.4, 0.5) is 0 Å². The van der Waals surface area contributed by atoms with Crippen LogP contribution in [0.15, 0.2) is 0 Å². The van der Waals surface area contributed by atoms with Crippen LogP contribution in [0.1, 0.15) is 12.8 Å². The molecule has 0 saturated carbocycles. The normalized spacial score (nSPS) is 32.7. The number of nitrogens with two attached hydrogens (primary N) is 1. The van der Waals surface area contributed by atoms with Crippen molar-refractivity contribution in [3.05, 3.63) is 0 Å². The summed E-state index contributed by atoms with van der Waals surface area (Å²) >= 11 is 0. The number of hydrogen-bond donors (Lipinski definition) is 1. The highest BCUT2D eigenvalue weighted by atomic mass is 16.5. The van der Waals surface area contributed by atoms with Crippen molar-refractivity contribution in [1.29, 1.82) is 0 Å². The molecule has 104 valence electrons. The first-order valence-corrected chi connectivity index (χ1v) is 6.25. The maximum atomic E-state index is 11.8. The minimum absolute atomic E-state index is 0.170. The number of hydrogen-bond acceptors (Lipinski definition) is 4. The Kier molecular flexibility index (Phi) is 5.10. The van der Waals surface area contributed by atoms with E-state index in [2.05, 4.69) is 0 Å². The molecule has 2 heterocycles. The van der Waals surface area contributed by atoms with Gasteiger partial charge >= 0.3 is 0 Å². The smallest absolute Gasteiger partial charge is 0.228 e. The molecule has 2 aliphatic heterocycles. The fourth-order valence-corrected chi connectivity index (χ4v) is 2.59. The molecule has 4 atom stereocenters. The first kappa shape index (κ1) is 14.9. The van der Waals surface area contributed by atoms with Gasteiger partial charge in [-0.1, -0.05) is 0 Å². The Morgan fingerprint density at radius 1 is 1.17 bits per heavy atom. The van der Waals surface area contributed by atoms with Gasteiger partial charge in [-0.05, 0) is 12.8 Å². The molecule has 2 aliphatic rings. The standard InChI is InChI=1S/C10H15NO4.C2H7N/c1-11(2)9(12)7-5-3-4-6(15-5)8(7)10(13)14;1-3-2/h5-8H,3-4H2,1-2H3,(H,13,14);3H,1-2H3. The van der Waals surface area contributed by atoms with Crippen LogP contribution in [0.3, 0.4) is 0 Å². The van der Waals surface area contributed by atoms with Crippen LogP contribution in [0.2, 0.25) is 0 Å². The van der Waals surface area contributed by atoms with Crippen molar-refractivity contribution in [3.8, 4) is 0 Å². The third kappa shape index (κ3) is 2.81. The number of amides is 1. The molecule has 1 amide bonds. The van der Waals surface area contributed by atoms with E-state index in [1.807, 2.05) is 19.4 Å². The van der Waals surface area contributed by atoms with Crippen LogP contribution >= 0.6 is 0 Å². The molecule has 0 spiro atoms. The monoisotopic (exact) mass is 258 g/mol. The third-order valence-electron chi connectivity index (χ3n) is 3.27. The van der Waals surface area contributed by atoms with Crippen LogP contribution in [-0.4, -0.2) is 57.2 Å². The molecule has 2 fully saturated rings. The topological polar surface area (TPSA) is 86.3 Å². The van der Waals surface area contributed by atoms with Crippen LogP contribution in [0.25, 0.3) is 0 Å². The van der Waals surface area contributed by atoms with E-state index < -0.39 is 17.8 Å². The quantitative estimate of drug-likeness (QED) is 0.590. The first-order chi connectivity index (χ1) is 8.43. The zero-order valence-corrected chi connectivity index (χ0v) is 11.4. The van der Waals surface area contributed by atoms with Crippen molar-refractivity contribution in [2.24, 2.45) is 11.8 Å². The summed E-state index contributed by atoms with van der Waals surface area (Å²) in [5, 5.41) is 13.0. The summed E-state index contributed by atoms with van der Waals surface area (Å²) < 4.78 is 5.46. The van der Waals surface area contributed by atoms with Gasteiger partial charge in [-0.3, -0.25) is 4.79 Å². The van der Waals surface area contributed by atoms with Crippen molar-refractivity contribution < 1.29 is 24.7 Å². The van der Waals surface area contributed by atoms with Crippen LogP contribution < -0.4 is 10.4 Å². The molecule has 18 heavy (non-hydrogen) atoms.